The van der Waals surface area contributed by atoms with Crippen molar-refractivity contribution in [1.82, 2.24) is 0 Å². The summed E-state index contributed by atoms with van der Waals surface area (Å²) in [5.74, 6) is -0.447. The SMILES string of the molecule is C=C(C)C(=C)OCCCC(N)C(=O)O. The fraction of sp³-hybridized carbons (Fsp3) is 0.500. The molecule has 0 saturated carbocycles. The molecule has 0 aliphatic heterocycles. The Hall–Kier alpha value is -1.29. The minimum atomic E-state index is -0.983. The molecule has 4 nitrogen and oxygen atoms in total. The summed E-state index contributed by atoms with van der Waals surface area (Å²) < 4.78 is 5.19. The largest absolute Gasteiger partial charge is 0.494 e. The molecule has 0 aromatic rings. The molecular formula is C10H17NO3. The third-order valence-electron chi connectivity index (χ3n) is 1.73. The zero-order valence-corrected chi connectivity index (χ0v) is 8.45. The molecule has 0 bridgehead atoms. The lowest BCUT2D eigenvalue weighted by Gasteiger charge is -2.09. The van der Waals surface area contributed by atoms with Crippen molar-refractivity contribution in [3.05, 3.63) is 24.5 Å². The second kappa shape index (κ2) is 6.21. The Labute approximate surface area is 84.1 Å². The Kier molecular flexibility index (Phi) is 5.64. The van der Waals surface area contributed by atoms with Crippen LogP contribution in [0.25, 0.3) is 0 Å². The van der Waals surface area contributed by atoms with E-state index in [1.807, 2.05) is 0 Å². The molecule has 0 aliphatic rings. The van der Waals surface area contributed by atoms with Crippen LogP contribution in [0.4, 0.5) is 0 Å². The third kappa shape index (κ3) is 5.37. The van der Waals surface area contributed by atoms with Gasteiger partial charge in [0.1, 0.15) is 11.8 Å². The number of hydrogen-bond donors (Lipinski definition) is 2. The van der Waals surface area contributed by atoms with Gasteiger partial charge in [-0.15, -0.1) is 0 Å². The lowest BCUT2D eigenvalue weighted by atomic mass is 10.2. The highest BCUT2D eigenvalue weighted by Gasteiger charge is 2.10. The van der Waals surface area contributed by atoms with Crippen LogP contribution in [0, 0.1) is 0 Å². The highest BCUT2D eigenvalue weighted by atomic mass is 16.5. The van der Waals surface area contributed by atoms with Crippen molar-refractivity contribution < 1.29 is 14.6 Å². The fourth-order valence-corrected chi connectivity index (χ4v) is 0.745. The Bertz CT molecular complexity index is 236. The molecule has 0 amide bonds. The number of carboxylic acids is 1. The van der Waals surface area contributed by atoms with Gasteiger partial charge in [0.2, 0.25) is 0 Å². The van der Waals surface area contributed by atoms with Gasteiger partial charge in [0.15, 0.2) is 0 Å². The average molecular weight is 199 g/mol. The number of ether oxygens (including phenoxy) is 1. The van der Waals surface area contributed by atoms with E-state index in [1.54, 1.807) is 6.92 Å². The summed E-state index contributed by atoms with van der Waals surface area (Å²) in [7, 11) is 0. The molecular weight excluding hydrogens is 182 g/mol. The van der Waals surface area contributed by atoms with Gasteiger partial charge >= 0.3 is 5.97 Å². The van der Waals surface area contributed by atoms with E-state index in [-0.39, 0.29) is 0 Å². The van der Waals surface area contributed by atoms with E-state index in [9.17, 15) is 4.79 Å². The average Bonchev–Trinajstić information content (AvgIpc) is 2.11. The molecule has 0 aromatic carbocycles. The van der Waals surface area contributed by atoms with Crippen molar-refractivity contribution in [1.29, 1.82) is 0 Å². The minimum Gasteiger partial charge on any atom is -0.494 e. The maximum atomic E-state index is 10.3. The molecule has 0 radical (unpaired) electrons. The topological polar surface area (TPSA) is 72.5 Å². The quantitative estimate of drug-likeness (QED) is 0.368. The van der Waals surface area contributed by atoms with Crippen molar-refractivity contribution in [3.8, 4) is 0 Å². The maximum absolute atomic E-state index is 10.3. The van der Waals surface area contributed by atoms with Gasteiger partial charge < -0.3 is 15.6 Å². The predicted molar refractivity (Wildman–Crippen MR) is 54.8 cm³/mol. The summed E-state index contributed by atoms with van der Waals surface area (Å²) in [6.45, 7) is 9.51. The molecule has 4 heteroatoms. The number of allylic oxidation sites excluding steroid dienone is 1. The standard InChI is InChI=1S/C10H17NO3/c1-7(2)8(3)14-6-4-5-9(11)10(12)13/h9H,1,3-6,11H2,2H3,(H,12,13). The van der Waals surface area contributed by atoms with Gasteiger partial charge in [-0.1, -0.05) is 13.2 Å². The van der Waals surface area contributed by atoms with E-state index < -0.39 is 12.0 Å². The highest BCUT2D eigenvalue weighted by molar-refractivity contribution is 5.72. The molecule has 1 atom stereocenters. The molecule has 0 saturated heterocycles. The third-order valence-corrected chi connectivity index (χ3v) is 1.73. The molecule has 0 rings (SSSR count). The van der Waals surface area contributed by atoms with E-state index in [0.29, 0.717) is 25.2 Å². The number of aliphatic carboxylic acids is 1. The highest BCUT2D eigenvalue weighted by Crippen LogP contribution is 2.06. The first-order valence-electron chi connectivity index (χ1n) is 4.41. The number of rotatable bonds is 7. The van der Waals surface area contributed by atoms with Gasteiger partial charge in [-0.25, -0.2) is 0 Å². The summed E-state index contributed by atoms with van der Waals surface area (Å²) in [5, 5.41) is 8.48. The van der Waals surface area contributed by atoms with Crippen LogP contribution in [0.3, 0.4) is 0 Å². The van der Waals surface area contributed by atoms with Gasteiger partial charge in [0, 0.05) is 0 Å². The van der Waals surface area contributed by atoms with Gasteiger partial charge in [-0.05, 0) is 25.3 Å². The zero-order valence-electron chi connectivity index (χ0n) is 8.45. The van der Waals surface area contributed by atoms with Crippen LogP contribution in [0.1, 0.15) is 19.8 Å². The summed E-state index contributed by atoms with van der Waals surface area (Å²) in [4.78, 5) is 10.3. The molecule has 0 aliphatic carbocycles. The Balaban J connectivity index is 3.52. The molecule has 0 fully saturated rings. The Morgan fingerprint density at radius 1 is 1.57 bits per heavy atom. The fourth-order valence-electron chi connectivity index (χ4n) is 0.745. The van der Waals surface area contributed by atoms with E-state index in [4.69, 9.17) is 15.6 Å². The minimum absolute atomic E-state index is 0.402. The van der Waals surface area contributed by atoms with Gasteiger partial charge in [-0.3, -0.25) is 4.79 Å². The van der Waals surface area contributed by atoms with Crippen LogP contribution in [0.2, 0.25) is 0 Å². The first-order valence-corrected chi connectivity index (χ1v) is 4.41. The molecule has 14 heavy (non-hydrogen) atoms. The molecule has 0 aromatic heterocycles. The summed E-state index contributed by atoms with van der Waals surface area (Å²) in [6, 6.07) is -0.809. The van der Waals surface area contributed by atoms with E-state index >= 15 is 0 Å². The summed E-state index contributed by atoms with van der Waals surface area (Å²) >= 11 is 0. The molecule has 1 unspecified atom stereocenters. The number of carboxylic acid groups (broad SMARTS) is 1. The van der Waals surface area contributed by atoms with Gasteiger partial charge in [0.25, 0.3) is 0 Å². The number of hydrogen-bond acceptors (Lipinski definition) is 3. The smallest absolute Gasteiger partial charge is 0.320 e. The Morgan fingerprint density at radius 2 is 2.14 bits per heavy atom. The first kappa shape index (κ1) is 12.7. The van der Waals surface area contributed by atoms with E-state index in [0.717, 1.165) is 5.57 Å². The molecule has 0 heterocycles. The van der Waals surface area contributed by atoms with Crippen molar-refractivity contribution in [2.24, 2.45) is 5.73 Å². The monoisotopic (exact) mass is 199 g/mol. The maximum Gasteiger partial charge on any atom is 0.320 e. The molecule has 0 spiro atoms. The van der Waals surface area contributed by atoms with Gasteiger partial charge in [-0.2, -0.15) is 0 Å². The molecule has 3 N–H and O–H groups in total. The normalized spacial score (nSPS) is 11.9. The Morgan fingerprint density at radius 3 is 2.57 bits per heavy atom. The van der Waals surface area contributed by atoms with Crippen LogP contribution in [0.5, 0.6) is 0 Å². The van der Waals surface area contributed by atoms with Crippen molar-refractivity contribution in [3.63, 3.8) is 0 Å². The summed E-state index contributed by atoms with van der Waals surface area (Å²) in [6.07, 6.45) is 0.999. The van der Waals surface area contributed by atoms with Gasteiger partial charge in [0.05, 0.1) is 6.61 Å². The van der Waals surface area contributed by atoms with Crippen molar-refractivity contribution >= 4 is 5.97 Å². The van der Waals surface area contributed by atoms with Crippen LogP contribution in [-0.2, 0) is 9.53 Å². The predicted octanol–water partition coefficient (Wildman–Crippen LogP) is 1.28. The summed E-state index contributed by atoms with van der Waals surface area (Å²) in [5.41, 5.74) is 6.07. The lowest BCUT2D eigenvalue weighted by molar-refractivity contribution is -0.138. The van der Waals surface area contributed by atoms with Crippen LogP contribution in [0.15, 0.2) is 24.5 Å². The number of carbonyl (C=O) groups is 1. The second-order valence-electron chi connectivity index (χ2n) is 3.14. The van der Waals surface area contributed by atoms with Crippen molar-refractivity contribution in [2.45, 2.75) is 25.8 Å². The first-order chi connectivity index (χ1) is 6.45. The number of nitrogens with two attached hydrogens (primary N) is 1. The van der Waals surface area contributed by atoms with Crippen LogP contribution < -0.4 is 5.73 Å². The van der Waals surface area contributed by atoms with E-state index in [2.05, 4.69) is 13.2 Å². The van der Waals surface area contributed by atoms with Crippen LogP contribution in [-0.4, -0.2) is 23.7 Å². The van der Waals surface area contributed by atoms with Crippen molar-refractivity contribution in [2.75, 3.05) is 6.61 Å². The lowest BCUT2D eigenvalue weighted by Crippen LogP contribution is -2.30. The molecule has 80 valence electrons. The second-order valence-corrected chi connectivity index (χ2v) is 3.14. The zero-order chi connectivity index (χ0) is 11.1. The van der Waals surface area contributed by atoms with E-state index in [1.165, 1.54) is 0 Å². The van der Waals surface area contributed by atoms with Crippen LogP contribution >= 0.6 is 0 Å².